The Morgan fingerprint density at radius 2 is 2.00 bits per heavy atom. The molecule has 0 bridgehead atoms. The first-order valence-corrected chi connectivity index (χ1v) is 7.81. The first kappa shape index (κ1) is 15.5. The second-order valence-corrected chi connectivity index (χ2v) is 6.43. The van der Waals surface area contributed by atoms with Crippen LogP contribution in [-0.4, -0.2) is 29.7 Å². The summed E-state index contributed by atoms with van der Waals surface area (Å²) in [4.78, 5) is 18.3. The predicted molar refractivity (Wildman–Crippen MR) is 87.2 cm³/mol. The number of nitrogens with zero attached hydrogens (tertiary/aromatic N) is 2. The molecule has 0 amide bonds. The van der Waals surface area contributed by atoms with Crippen LogP contribution < -0.4 is 4.90 Å². The SMILES string of the molecule is CC(C)CCN(C)c1nc(-c2ccccc2)c(C(=O)O)s1. The average molecular weight is 304 g/mol. The van der Waals surface area contributed by atoms with Gasteiger partial charge < -0.3 is 10.0 Å². The minimum absolute atomic E-state index is 0.299. The molecule has 0 aliphatic carbocycles. The molecule has 1 heterocycles. The molecule has 4 nitrogen and oxygen atoms in total. The molecule has 0 radical (unpaired) electrons. The second-order valence-electron chi connectivity index (χ2n) is 5.45. The highest BCUT2D eigenvalue weighted by Crippen LogP contribution is 2.32. The van der Waals surface area contributed by atoms with Gasteiger partial charge in [-0.05, 0) is 12.3 Å². The number of benzene rings is 1. The maximum atomic E-state index is 11.4. The van der Waals surface area contributed by atoms with Crippen molar-refractivity contribution in [2.75, 3.05) is 18.5 Å². The normalized spacial score (nSPS) is 10.9. The summed E-state index contributed by atoms with van der Waals surface area (Å²) in [5.41, 5.74) is 1.40. The van der Waals surface area contributed by atoms with Gasteiger partial charge in [-0.25, -0.2) is 9.78 Å². The third kappa shape index (κ3) is 3.82. The minimum Gasteiger partial charge on any atom is -0.477 e. The van der Waals surface area contributed by atoms with Gasteiger partial charge in [0.2, 0.25) is 0 Å². The maximum Gasteiger partial charge on any atom is 0.348 e. The van der Waals surface area contributed by atoms with Crippen LogP contribution in [0.25, 0.3) is 11.3 Å². The number of hydrogen-bond acceptors (Lipinski definition) is 4. The van der Waals surface area contributed by atoms with Crippen molar-refractivity contribution in [3.05, 3.63) is 35.2 Å². The first-order valence-electron chi connectivity index (χ1n) is 6.99. The molecular weight excluding hydrogens is 284 g/mol. The van der Waals surface area contributed by atoms with Crippen LogP contribution in [0.2, 0.25) is 0 Å². The lowest BCUT2D eigenvalue weighted by Gasteiger charge is -2.16. The molecule has 0 atom stereocenters. The van der Waals surface area contributed by atoms with E-state index in [4.69, 9.17) is 0 Å². The summed E-state index contributed by atoms with van der Waals surface area (Å²) in [6.07, 6.45) is 1.05. The number of rotatable bonds is 6. The van der Waals surface area contributed by atoms with Gasteiger partial charge in [0, 0.05) is 19.2 Å². The summed E-state index contributed by atoms with van der Waals surface area (Å²) in [5, 5.41) is 10.1. The highest BCUT2D eigenvalue weighted by molar-refractivity contribution is 7.17. The third-order valence-electron chi connectivity index (χ3n) is 3.23. The molecule has 2 aromatic rings. The molecule has 0 aliphatic heterocycles. The largest absolute Gasteiger partial charge is 0.477 e. The smallest absolute Gasteiger partial charge is 0.348 e. The van der Waals surface area contributed by atoms with Gasteiger partial charge in [-0.3, -0.25) is 0 Å². The molecule has 0 aliphatic rings. The molecule has 1 aromatic heterocycles. The zero-order valence-corrected chi connectivity index (χ0v) is 13.4. The van der Waals surface area contributed by atoms with Crippen molar-refractivity contribution in [3.8, 4) is 11.3 Å². The zero-order chi connectivity index (χ0) is 15.4. The first-order chi connectivity index (χ1) is 9.99. The molecule has 0 fully saturated rings. The van der Waals surface area contributed by atoms with Crippen LogP contribution in [0.3, 0.4) is 0 Å². The van der Waals surface area contributed by atoms with Gasteiger partial charge in [-0.15, -0.1) is 0 Å². The van der Waals surface area contributed by atoms with E-state index in [-0.39, 0.29) is 0 Å². The lowest BCUT2D eigenvalue weighted by atomic mass is 10.1. The van der Waals surface area contributed by atoms with Gasteiger partial charge in [0.25, 0.3) is 0 Å². The van der Waals surface area contributed by atoms with E-state index < -0.39 is 5.97 Å². The highest BCUT2D eigenvalue weighted by atomic mass is 32.1. The van der Waals surface area contributed by atoms with Crippen molar-refractivity contribution in [2.24, 2.45) is 5.92 Å². The summed E-state index contributed by atoms with van der Waals surface area (Å²) < 4.78 is 0. The van der Waals surface area contributed by atoms with Crippen LogP contribution in [0.5, 0.6) is 0 Å². The number of aromatic nitrogens is 1. The Morgan fingerprint density at radius 1 is 1.33 bits per heavy atom. The number of thiazole rings is 1. The summed E-state index contributed by atoms with van der Waals surface area (Å²) in [7, 11) is 1.96. The van der Waals surface area contributed by atoms with E-state index >= 15 is 0 Å². The van der Waals surface area contributed by atoms with E-state index in [1.165, 1.54) is 11.3 Å². The number of anilines is 1. The fourth-order valence-electron chi connectivity index (χ4n) is 1.96. The van der Waals surface area contributed by atoms with Gasteiger partial charge in [0.15, 0.2) is 5.13 Å². The van der Waals surface area contributed by atoms with Gasteiger partial charge in [0.05, 0.1) is 5.69 Å². The summed E-state index contributed by atoms with van der Waals surface area (Å²) >= 11 is 1.24. The van der Waals surface area contributed by atoms with Crippen LogP contribution >= 0.6 is 11.3 Å². The third-order valence-corrected chi connectivity index (χ3v) is 4.38. The second kappa shape index (κ2) is 6.72. The van der Waals surface area contributed by atoms with E-state index in [1.807, 2.05) is 42.3 Å². The van der Waals surface area contributed by atoms with Gasteiger partial charge in [-0.1, -0.05) is 55.5 Å². The van der Waals surface area contributed by atoms with Crippen molar-refractivity contribution in [3.63, 3.8) is 0 Å². The summed E-state index contributed by atoms with van der Waals surface area (Å²) in [5.74, 6) is -0.310. The number of carboxylic acids is 1. The van der Waals surface area contributed by atoms with Crippen molar-refractivity contribution in [1.29, 1.82) is 0 Å². The molecule has 1 N–H and O–H groups in total. The van der Waals surface area contributed by atoms with E-state index in [2.05, 4.69) is 18.8 Å². The quantitative estimate of drug-likeness (QED) is 0.876. The van der Waals surface area contributed by atoms with E-state index in [9.17, 15) is 9.90 Å². The van der Waals surface area contributed by atoms with Crippen LogP contribution in [0.15, 0.2) is 30.3 Å². The van der Waals surface area contributed by atoms with Gasteiger partial charge in [-0.2, -0.15) is 0 Å². The summed E-state index contributed by atoms with van der Waals surface area (Å²) in [6, 6.07) is 9.47. The molecule has 0 unspecified atom stereocenters. The van der Waals surface area contributed by atoms with Crippen LogP contribution in [0.4, 0.5) is 5.13 Å². The minimum atomic E-state index is -0.921. The van der Waals surface area contributed by atoms with Gasteiger partial charge in [0.1, 0.15) is 4.88 Å². The van der Waals surface area contributed by atoms with Gasteiger partial charge >= 0.3 is 5.97 Å². The van der Waals surface area contributed by atoms with Crippen molar-refractivity contribution < 1.29 is 9.90 Å². The molecule has 2 rings (SSSR count). The molecule has 21 heavy (non-hydrogen) atoms. The molecular formula is C16H20N2O2S. The Kier molecular flexibility index (Phi) is 4.96. The molecule has 0 spiro atoms. The van der Waals surface area contributed by atoms with Crippen molar-refractivity contribution in [2.45, 2.75) is 20.3 Å². The Balaban J connectivity index is 2.31. The lowest BCUT2D eigenvalue weighted by molar-refractivity contribution is 0.0702. The lowest BCUT2D eigenvalue weighted by Crippen LogP contribution is -2.19. The number of carbonyl (C=O) groups is 1. The fraction of sp³-hybridized carbons (Fsp3) is 0.375. The number of carboxylic acid groups (broad SMARTS) is 1. The van der Waals surface area contributed by atoms with E-state index in [0.717, 1.165) is 23.7 Å². The number of hydrogen-bond donors (Lipinski definition) is 1. The molecule has 112 valence electrons. The van der Waals surface area contributed by atoms with E-state index in [1.54, 1.807) is 0 Å². The molecule has 5 heteroatoms. The number of aromatic carboxylic acids is 1. The molecule has 1 aromatic carbocycles. The van der Waals surface area contributed by atoms with Crippen LogP contribution in [0, 0.1) is 5.92 Å². The Labute approximate surface area is 129 Å². The monoisotopic (exact) mass is 304 g/mol. The molecule has 0 saturated carbocycles. The Hall–Kier alpha value is -1.88. The predicted octanol–water partition coefficient (Wildman–Crippen LogP) is 3.99. The van der Waals surface area contributed by atoms with Crippen molar-refractivity contribution in [1.82, 2.24) is 4.98 Å². The zero-order valence-electron chi connectivity index (χ0n) is 12.5. The maximum absolute atomic E-state index is 11.4. The standard InChI is InChI=1S/C16H20N2O2S/c1-11(2)9-10-18(3)16-17-13(14(21-16)15(19)20)12-7-5-4-6-8-12/h4-8,11H,9-10H2,1-3H3,(H,19,20). The average Bonchev–Trinajstić information content (AvgIpc) is 2.91. The Bertz CT molecular complexity index is 608. The Morgan fingerprint density at radius 3 is 2.57 bits per heavy atom. The van der Waals surface area contributed by atoms with Crippen molar-refractivity contribution >= 4 is 22.4 Å². The summed E-state index contributed by atoms with van der Waals surface area (Å²) in [6.45, 7) is 5.22. The fourth-order valence-corrected chi connectivity index (χ4v) is 2.87. The van der Waals surface area contributed by atoms with Crippen LogP contribution in [0.1, 0.15) is 29.9 Å². The highest BCUT2D eigenvalue weighted by Gasteiger charge is 2.20. The van der Waals surface area contributed by atoms with E-state index in [0.29, 0.717) is 16.5 Å². The molecule has 0 saturated heterocycles. The van der Waals surface area contributed by atoms with Crippen LogP contribution in [-0.2, 0) is 0 Å². The topological polar surface area (TPSA) is 53.4 Å².